The third-order valence-corrected chi connectivity index (χ3v) is 4.79. The normalized spacial score (nSPS) is 15.0. The second-order valence-electron chi connectivity index (χ2n) is 6.70. The number of rotatable bonds is 6. The molecule has 1 amide bonds. The molecule has 5 nitrogen and oxygen atoms in total. The molecule has 0 unspecified atom stereocenters. The molecule has 0 aromatic heterocycles. The smallest absolute Gasteiger partial charge is 0.416 e. The molecule has 1 N–H and O–H groups in total. The first-order valence-electron chi connectivity index (χ1n) is 8.54. The van der Waals surface area contributed by atoms with Crippen LogP contribution in [0.5, 0.6) is 5.75 Å². The van der Waals surface area contributed by atoms with Crippen molar-refractivity contribution < 1.29 is 32.6 Å². The molecule has 8 heteroatoms. The summed E-state index contributed by atoms with van der Waals surface area (Å²) in [7, 11) is 1.56. The second-order valence-corrected chi connectivity index (χ2v) is 6.70. The lowest BCUT2D eigenvalue weighted by atomic mass is 9.92. The number of carbonyl (C=O) groups is 2. The van der Waals surface area contributed by atoms with Gasteiger partial charge in [0.1, 0.15) is 5.75 Å². The van der Waals surface area contributed by atoms with Gasteiger partial charge in [0.05, 0.1) is 11.0 Å². The summed E-state index contributed by atoms with van der Waals surface area (Å²) in [4.78, 5) is 24.9. The largest absolute Gasteiger partial charge is 0.482 e. The molecule has 0 atom stereocenters. The number of nitrogens with zero attached hydrogens (tertiary/aromatic N) is 1. The quantitative estimate of drug-likeness (QED) is 0.809. The fourth-order valence-electron chi connectivity index (χ4n) is 3.09. The lowest BCUT2D eigenvalue weighted by Gasteiger charge is -2.24. The topological polar surface area (TPSA) is 66.8 Å². The number of hydrogen-bond acceptors (Lipinski definition) is 3. The van der Waals surface area contributed by atoms with Crippen molar-refractivity contribution in [2.75, 3.05) is 18.6 Å². The van der Waals surface area contributed by atoms with E-state index >= 15 is 0 Å². The van der Waals surface area contributed by atoms with Crippen LogP contribution >= 0.6 is 0 Å². The number of benzene rings is 2. The molecule has 0 spiro atoms. The van der Waals surface area contributed by atoms with Gasteiger partial charge in [-0.2, -0.15) is 13.2 Å². The first kappa shape index (κ1) is 19.7. The second kappa shape index (κ2) is 7.18. The highest BCUT2D eigenvalue weighted by molar-refractivity contribution is 6.03. The van der Waals surface area contributed by atoms with Crippen LogP contribution in [-0.4, -0.2) is 30.6 Å². The van der Waals surface area contributed by atoms with Crippen molar-refractivity contribution >= 4 is 17.6 Å². The van der Waals surface area contributed by atoms with E-state index in [2.05, 4.69) is 0 Å². The van der Waals surface area contributed by atoms with Crippen LogP contribution in [0, 0.1) is 0 Å². The van der Waals surface area contributed by atoms with Crippen molar-refractivity contribution in [2.45, 2.75) is 24.4 Å². The number of amides is 1. The highest BCUT2D eigenvalue weighted by Gasteiger charge is 2.53. The maximum Gasteiger partial charge on any atom is 0.416 e. The van der Waals surface area contributed by atoms with E-state index < -0.39 is 29.7 Å². The van der Waals surface area contributed by atoms with Crippen molar-refractivity contribution in [2.24, 2.45) is 0 Å². The number of anilines is 1. The Morgan fingerprint density at radius 1 is 1.14 bits per heavy atom. The van der Waals surface area contributed by atoms with E-state index in [1.807, 2.05) is 0 Å². The monoisotopic (exact) mass is 393 g/mol. The molecule has 2 aromatic rings. The Kier molecular flexibility index (Phi) is 5.06. The van der Waals surface area contributed by atoms with Gasteiger partial charge in [-0.1, -0.05) is 18.2 Å². The number of carbonyl (C=O) groups excluding carboxylic acids is 1. The molecule has 0 saturated heterocycles. The minimum atomic E-state index is -4.47. The Labute approximate surface area is 159 Å². The lowest BCUT2D eigenvalue weighted by Crippen LogP contribution is -2.36. The summed E-state index contributed by atoms with van der Waals surface area (Å²) in [5, 5.41) is 8.62. The van der Waals surface area contributed by atoms with Crippen LogP contribution < -0.4 is 9.64 Å². The van der Waals surface area contributed by atoms with Gasteiger partial charge < -0.3 is 14.7 Å². The van der Waals surface area contributed by atoms with Crippen molar-refractivity contribution in [1.29, 1.82) is 0 Å². The molecule has 1 saturated carbocycles. The van der Waals surface area contributed by atoms with Gasteiger partial charge in [-0.05, 0) is 48.7 Å². The van der Waals surface area contributed by atoms with Crippen LogP contribution in [0.3, 0.4) is 0 Å². The number of likely N-dealkylation sites (N-methyl/N-ethyl adjacent to an activating group) is 1. The molecule has 1 aliphatic carbocycles. The molecule has 3 rings (SSSR count). The van der Waals surface area contributed by atoms with Gasteiger partial charge in [-0.15, -0.1) is 0 Å². The highest BCUT2D eigenvalue weighted by Crippen LogP contribution is 2.50. The molecule has 148 valence electrons. The average Bonchev–Trinajstić information content (AvgIpc) is 3.47. The van der Waals surface area contributed by atoms with Gasteiger partial charge in [0.15, 0.2) is 6.61 Å². The third-order valence-electron chi connectivity index (χ3n) is 4.79. The number of alkyl halides is 3. The van der Waals surface area contributed by atoms with Crippen molar-refractivity contribution in [1.82, 2.24) is 0 Å². The minimum Gasteiger partial charge on any atom is -0.482 e. The Morgan fingerprint density at radius 3 is 2.32 bits per heavy atom. The summed E-state index contributed by atoms with van der Waals surface area (Å²) in [5.74, 6) is -1.05. The molecule has 0 heterocycles. The summed E-state index contributed by atoms with van der Waals surface area (Å²) in [5.41, 5.74) is -0.827. The fourth-order valence-corrected chi connectivity index (χ4v) is 3.09. The number of carboxylic acid groups (broad SMARTS) is 1. The van der Waals surface area contributed by atoms with E-state index in [0.29, 0.717) is 29.8 Å². The highest BCUT2D eigenvalue weighted by atomic mass is 19.4. The Hall–Kier alpha value is -3.03. The van der Waals surface area contributed by atoms with E-state index in [1.165, 1.54) is 23.1 Å². The van der Waals surface area contributed by atoms with Gasteiger partial charge in [0.25, 0.3) is 0 Å². The molecular formula is C20H18F3NO4. The molecule has 2 aromatic carbocycles. The van der Waals surface area contributed by atoms with Gasteiger partial charge in [-0.25, -0.2) is 4.79 Å². The number of halogens is 3. The van der Waals surface area contributed by atoms with Crippen molar-refractivity contribution in [3.05, 3.63) is 59.7 Å². The molecule has 1 fully saturated rings. The van der Waals surface area contributed by atoms with E-state index in [1.54, 1.807) is 25.2 Å². The summed E-state index contributed by atoms with van der Waals surface area (Å²) in [6.45, 7) is -0.479. The minimum absolute atomic E-state index is 0.286. The maximum atomic E-state index is 13.0. The summed E-state index contributed by atoms with van der Waals surface area (Å²) >= 11 is 0. The summed E-state index contributed by atoms with van der Waals surface area (Å²) in [6.07, 6.45) is -3.50. The number of ether oxygens (including phenoxy) is 1. The molecule has 0 aliphatic heterocycles. The zero-order chi connectivity index (χ0) is 20.5. The number of hydrogen-bond donors (Lipinski definition) is 1. The summed E-state index contributed by atoms with van der Waals surface area (Å²) < 4.78 is 44.1. The average molecular weight is 393 g/mol. The Bertz CT molecular complexity index is 889. The predicted octanol–water partition coefficient (Wildman–Crippen LogP) is 3.86. The molecule has 0 radical (unpaired) electrons. The maximum absolute atomic E-state index is 13.0. The van der Waals surface area contributed by atoms with Gasteiger partial charge >= 0.3 is 12.1 Å². The van der Waals surface area contributed by atoms with Crippen LogP contribution in [0.2, 0.25) is 0 Å². The number of aliphatic carboxylic acids is 1. The van der Waals surface area contributed by atoms with Crippen molar-refractivity contribution in [3.63, 3.8) is 0 Å². The number of carboxylic acids is 1. The Morgan fingerprint density at radius 2 is 1.79 bits per heavy atom. The first-order chi connectivity index (χ1) is 13.1. The fraction of sp³-hybridized carbons (Fsp3) is 0.300. The van der Waals surface area contributed by atoms with Crippen LogP contribution in [0.25, 0.3) is 0 Å². The zero-order valence-electron chi connectivity index (χ0n) is 15.0. The third kappa shape index (κ3) is 3.95. The van der Waals surface area contributed by atoms with Crippen LogP contribution in [0.1, 0.15) is 24.0 Å². The van der Waals surface area contributed by atoms with Crippen LogP contribution in [-0.2, 0) is 21.2 Å². The Balaban J connectivity index is 1.79. The SMILES string of the molecule is CN(C(=O)C1(c2cccc(C(F)(F)F)c2)CC1)c1ccc(OCC(=O)O)cc1. The van der Waals surface area contributed by atoms with Gasteiger partial charge in [-0.3, -0.25) is 4.79 Å². The lowest BCUT2D eigenvalue weighted by molar-refractivity contribution is -0.139. The van der Waals surface area contributed by atoms with Crippen molar-refractivity contribution in [3.8, 4) is 5.75 Å². The molecule has 28 heavy (non-hydrogen) atoms. The molecule has 0 bridgehead atoms. The van der Waals surface area contributed by atoms with E-state index in [0.717, 1.165) is 12.1 Å². The standard InChI is InChI=1S/C20H18F3NO4/c1-24(15-5-7-16(8-6-15)28-12-17(25)26)18(27)19(9-10-19)13-3-2-4-14(11-13)20(21,22)23/h2-8,11H,9-10,12H2,1H3,(H,25,26). The van der Waals surface area contributed by atoms with Crippen LogP contribution in [0.4, 0.5) is 18.9 Å². The van der Waals surface area contributed by atoms with Crippen LogP contribution in [0.15, 0.2) is 48.5 Å². The predicted molar refractivity (Wildman–Crippen MR) is 95.3 cm³/mol. The van der Waals surface area contributed by atoms with Gasteiger partial charge in [0.2, 0.25) is 5.91 Å². The first-order valence-corrected chi connectivity index (χ1v) is 8.54. The molecule has 1 aliphatic rings. The zero-order valence-corrected chi connectivity index (χ0v) is 15.0. The van der Waals surface area contributed by atoms with Gasteiger partial charge in [0, 0.05) is 12.7 Å². The van der Waals surface area contributed by atoms with E-state index in [4.69, 9.17) is 9.84 Å². The van der Waals surface area contributed by atoms with E-state index in [-0.39, 0.29) is 5.91 Å². The molecular weight excluding hydrogens is 375 g/mol. The summed E-state index contributed by atoms with van der Waals surface area (Å²) in [6, 6.07) is 11.2. The van der Waals surface area contributed by atoms with E-state index in [9.17, 15) is 22.8 Å².